The Kier molecular flexibility index (Phi) is 14.4. The fraction of sp³-hybridized carbons (Fsp3) is 0.462. The first-order chi connectivity index (χ1) is 17.8. The molecule has 0 aromatic heterocycles. The maximum Gasteiger partial charge on any atom is 0.392 e. The van der Waals surface area contributed by atoms with Crippen LogP contribution in [0.5, 0.6) is 17.2 Å². The summed E-state index contributed by atoms with van der Waals surface area (Å²) in [7, 11) is 1.53. The van der Waals surface area contributed by atoms with E-state index >= 15 is 0 Å². The van der Waals surface area contributed by atoms with Gasteiger partial charge in [0.15, 0.2) is 22.2 Å². The van der Waals surface area contributed by atoms with E-state index in [0.717, 1.165) is 44.7 Å². The molecule has 0 atom stereocenters. The van der Waals surface area contributed by atoms with Crippen molar-refractivity contribution in [3.8, 4) is 17.2 Å². The number of aliphatic hydroxyl groups is 1. The van der Waals surface area contributed by atoms with Crippen LogP contribution in [0.25, 0.3) is 10.7 Å². The average molecular weight is 612 g/mol. The summed E-state index contributed by atoms with van der Waals surface area (Å²) in [5, 5.41) is 19.1. The highest BCUT2D eigenvalue weighted by atomic mass is 35.5. The van der Waals surface area contributed by atoms with E-state index in [-0.39, 0.29) is 36.6 Å². The molecule has 0 saturated heterocycles. The maximum absolute atomic E-state index is 9.79. The second kappa shape index (κ2) is 17.0. The number of hydrogen-bond acceptors (Lipinski definition) is 5. The molecule has 6 nitrogen and oxygen atoms in total. The van der Waals surface area contributed by atoms with E-state index in [4.69, 9.17) is 77.6 Å². The van der Waals surface area contributed by atoms with Gasteiger partial charge in [0, 0.05) is 5.56 Å². The molecule has 2 rings (SSSR count). The van der Waals surface area contributed by atoms with Crippen molar-refractivity contribution in [1.82, 2.24) is 0 Å². The molecule has 0 bridgehead atoms. The molecule has 0 amide bonds. The molecule has 2 aromatic rings. The number of nitrogens with zero attached hydrogens (tertiary/aromatic N) is 2. The Balaban J connectivity index is 1.53. The van der Waals surface area contributed by atoms with Crippen molar-refractivity contribution in [3.05, 3.63) is 60.1 Å². The van der Waals surface area contributed by atoms with Crippen LogP contribution in [0.15, 0.2) is 24.4 Å². The minimum absolute atomic E-state index is 0.121. The number of halogens is 5. The molecule has 0 radical (unpaired) electrons. The topological polar surface area (TPSA) is 76.1 Å². The van der Waals surface area contributed by atoms with E-state index in [2.05, 4.69) is 4.98 Å². The Bertz CT molecular complexity index is 1080. The monoisotopic (exact) mass is 609 g/mol. The standard InChI is InChI=1S/C26H29Cl5N2O4/c1-35-20-15-17(18(34)16-33-32)11-12-19(20)36-13-9-7-5-3-2-4-6-8-10-14-37-26-24(30)22(28)21(27)23(29)25(26)31/h11-12,15-16H,2-10,13-14H2,1H3/p+1/b18-16-. The lowest BCUT2D eigenvalue weighted by molar-refractivity contribution is 0.284. The van der Waals surface area contributed by atoms with Gasteiger partial charge >= 0.3 is 6.20 Å². The predicted molar refractivity (Wildman–Crippen MR) is 153 cm³/mol. The summed E-state index contributed by atoms with van der Waals surface area (Å²) >= 11 is 30.4. The minimum atomic E-state index is -0.163. The lowest BCUT2D eigenvalue weighted by atomic mass is 10.1. The molecular weight excluding hydrogens is 582 g/mol. The average Bonchev–Trinajstić information content (AvgIpc) is 2.90. The molecule has 0 spiro atoms. The summed E-state index contributed by atoms with van der Waals surface area (Å²) in [5.41, 5.74) is 0.472. The van der Waals surface area contributed by atoms with Gasteiger partial charge in [-0.25, -0.2) is 0 Å². The first-order valence-electron chi connectivity index (χ1n) is 12.0. The van der Waals surface area contributed by atoms with E-state index in [1.165, 1.54) is 26.4 Å². The largest absolute Gasteiger partial charge is 0.501 e. The number of hydrogen-bond donors (Lipinski definition) is 1. The minimum Gasteiger partial charge on any atom is -0.501 e. The van der Waals surface area contributed by atoms with Crippen molar-refractivity contribution < 1.29 is 19.3 Å². The van der Waals surface area contributed by atoms with Crippen LogP contribution in [0.1, 0.15) is 63.4 Å². The first-order valence-corrected chi connectivity index (χ1v) is 13.9. The molecule has 0 unspecified atom stereocenters. The van der Waals surface area contributed by atoms with Gasteiger partial charge in [0.25, 0.3) is 0 Å². The Hall–Kier alpha value is -1.75. The van der Waals surface area contributed by atoms with Crippen molar-refractivity contribution in [3.63, 3.8) is 0 Å². The third-order valence-electron chi connectivity index (χ3n) is 5.60. The van der Waals surface area contributed by atoms with Crippen LogP contribution in [-0.4, -0.2) is 25.4 Å². The van der Waals surface area contributed by atoms with Crippen LogP contribution in [0.2, 0.25) is 25.1 Å². The second-order valence-electron chi connectivity index (χ2n) is 8.27. The van der Waals surface area contributed by atoms with Crippen molar-refractivity contribution in [2.45, 2.75) is 57.8 Å². The second-order valence-corrected chi connectivity index (χ2v) is 10.2. The number of unbranched alkanes of at least 4 members (excludes halogenated alkanes) is 8. The van der Waals surface area contributed by atoms with Gasteiger partial charge in [0.2, 0.25) is 11.2 Å². The van der Waals surface area contributed by atoms with Gasteiger partial charge in [-0.05, 0) is 31.0 Å². The van der Waals surface area contributed by atoms with Gasteiger partial charge in [-0.2, -0.15) is 0 Å². The van der Waals surface area contributed by atoms with E-state index in [0.29, 0.717) is 30.3 Å². The lowest BCUT2D eigenvalue weighted by Crippen LogP contribution is -2.00. The molecule has 0 aliphatic carbocycles. The van der Waals surface area contributed by atoms with Crippen molar-refractivity contribution >= 4 is 63.8 Å². The number of benzene rings is 2. The number of diazo groups is 1. The molecule has 1 N–H and O–H groups in total. The number of rotatable bonds is 16. The SMILES string of the molecule is COc1cc(/C(O)=C/[N+]#N)ccc1OCCCCCCCCCCCOc1c(Cl)c(Cl)c(Cl)c(Cl)c1Cl. The van der Waals surface area contributed by atoms with Crippen molar-refractivity contribution in [2.24, 2.45) is 0 Å². The smallest absolute Gasteiger partial charge is 0.392 e. The van der Waals surface area contributed by atoms with Crippen molar-refractivity contribution in [2.75, 3.05) is 20.3 Å². The molecular formula is C26H30Cl5N2O4+. The van der Waals surface area contributed by atoms with E-state index in [9.17, 15) is 5.11 Å². The quantitative estimate of drug-likeness (QED) is 0.0672. The third-order valence-corrected chi connectivity index (χ3v) is 7.84. The van der Waals surface area contributed by atoms with Crippen molar-refractivity contribution in [1.29, 1.82) is 5.39 Å². The summed E-state index contributed by atoms with van der Waals surface area (Å²) in [6.45, 7) is 1.05. The zero-order valence-electron chi connectivity index (χ0n) is 20.5. The van der Waals surface area contributed by atoms with Crippen LogP contribution in [0, 0.1) is 5.39 Å². The fourth-order valence-corrected chi connectivity index (χ4v) is 4.81. The number of ether oxygens (including phenoxy) is 3. The van der Waals surface area contributed by atoms with Crippen LogP contribution >= 0.6 is 58.0 Å². The van der Waals surface area contributed by atoms with Gasteiger partial charge in [0.1, 0.15) is 10.0 Å². The summed E-state index contributed by atoms with van der Waals surface area (Å²) in [4.78, 5) is 2.82. The van der Waals surface area contributed by atoms with Gasteiger partial charge in [-0.3, -0.25) is 0 Å². The molecule has 11 heteroatoms. The van der Waals surface area contributed by atoms with Gasteiger partial charge < -0.3 is 19.3 Å². The zero-order valence-corrected chi connectivity index (χ0v) is 24.3. The number of aliphatic hydroxyl groups excluding tert-OH is 1. The normalized spacial score (nSPS) is 11.3. The molecule has 2 aromatic carbocycles. The van der Waals surface area contributed by atoms with Gasteiger partial charge in [-0.15, -0.1) is 0 Å². The van der Waals surface area contributed by atoms with E-state index in [1.54, 1.807) is 18.2 Å². The number of methoxy groups -OCH3 is 1. The Morgan fingerprint density at radius 1 is 0.757 bits per heavy atom. The van der Waals surface area contributed by atoms with Crippen LogP contribution < -0.4 is 14.2 Å². The Morgan fingerprint density at radius 3 is 1.76 bits per heavy atom. The summed E-state index contributed by atoms with van der Waals surface area (Å²) < 4.78 is 16.9. The molecule has 37 heavy (non-hydrogen) atoms. The van der Waals surface area contributed by atoms with Crippen LogP contribution in [-0.2, 0) is 0 Å². The van der Waals surface area contributed by atoms with Crippen LogP contribution in [0.3, 0.4) is 0 Å². The molecule has 0 aliphatic rings. The lowest BCUT2D eigenvalue weighted by Gasteiger charge is -2.13. The zero-order chi connectivity index (χ0) is 27.2. The summed E-state index contributed by atoms with van der Waals surface area (Å²) in [6.07, 6.45) is 10.7. The van der Waals surface area contributed by atoms with Crippen LogP contribution in [0.4, 0.5) is 0 Å². The molecule has 0 saturated carbocycles. The molecule has 202 valence electrons. The fourth-order valence-electron chi connectivity index (χ4n) is 3.58. The summed E-state index contributed by atoms with van der Waals surface area (Å²) in [6, 6.07) is 5.03. The first kappa shape index (κ1) is 31.5. The highest BCUT2D eigenvalue weighted by Gasteiger charge is 2.20. The van der Waals surface area contributed by atoms with E-state index in [1.807, 2.05) is 0 Å². The third kappa shape index (κ3) is 9.81. The van der Waals surface area contributed by atoms with E-state index < -0.39 is 0 Å². The molecule has 0 aliphatic heterocycles. The van der Waals surface area contributed by atoms with Gasteiger partial charge in [-0.1, -0.05) is 103 Å². The molecule has 0 heterocycles. The highest BCUT2D eigenvalue weighted by Crippen LogP contribution is 2.48. The Labute approximate surface area is 243 Å². The predicted octanol–water partition coefficient (Wildman–Crippen LogP) is 10.6. The highest BCUT2D eigenvalue weighted by molar-refractivity contribution is 6.55. The van der Waals surface area contributed by atoms with Gasteiger partial charge in [0.05, 0.1) is 35.4 Å². The molecule has 0 fully saturated rings. The summed E-state index contributed by atoms with van der Waals surface area (Å²) in [5.74, 6) is 1.22. The Morgan fingerprint density at radius 2 is 1.24 bits per heavy atom. The maximum atomic E-state index is 9.79.